The van der Waals surface area contributed by atoms with Gasteiger partial charge in [-0.15, -0.1) is 0 Å². The summed E-state index contributed by atoms with van der Waals surface area (Å²) >= 11 is 9.54. The second-order valence-corrected chi connectivity index (χ2v) is 8.52. The summed E-state index contributed by atoms with van der Waals surface area (Å²) in [5.74, 6) is -1.02. The number of imidazole rings is 1. The number of hydrogen-bond acceptors (Lipinski definition) is 3. The molecule has 0 spiro atoms. The van der Waals surface area contributed by atoms with Crippen LogP contribution < -0.4 is 5.32 Å². The number of rotatable bonds is 6. The van der Waals surface area contributed by atoms with E-state index in [1.54, 1.807) is 0 Å². The predicted octanol–water partition coefficient (Wildman–Crippen LogP) is 5.59. The molecule has 5 nitrogen and oxygen atoms in total. The molecule has 7 heteroatoms. The molecule has 0 aliphatic heterocycles. The van der Waals surface area contributed by atoms with Crippen molar-refractivity contribution in [2.45, 2.75) is 64.1 Å². The maximum absolute atomic E-state index is 11.9. The second-order valence-electron chi connectivity index (χ2n) is 7.37. The van der Waals surface area contributed by atoms with Gasteiger partial charge in [0.1, 0.15) is 0 Å². The van der Waals surface area contributed by atoms with E-state index >= 15 is 0 Å². The second kappa shape index (κ2) is 8.76. The molecule has 146 valence electrons. The van der Waals surface area contributed by atoms with E-state index in [4.69, 9.17) is 11.6 Å². The molecule has 1 aromatic heterocycles. The Labute approximate surface area is 173 Å². The molecule has 1 aromatic carbocycles. The van der Waals surface area contributed by atoms with E-state index in [1.807, 2.05) is 42.7 Å². The molecule has 2 aromatic rings. The highest BCUT2D eigenvalue weighted by Crippen LogP contribution is 2.33. The first-order chi connectivity index (χ1) is 12.9. The Morgan fingerprint density at radius 1 is 1.26 bits per heavy atom. The lowest BCUT2D eigenvalue weighted by Crippen LogP contribution is -2.37. The number of nitrogens with one attached hydrogen (secondary N) is 1. The van der Waals surface area contributed by atoms with Gasteiger partial charge < -0.3 is 15.0 Å². The molecule has 0 radical (unpaired) electrons. The van der Waals surface area contributed by atoms with Crippen molar-refractivity contribution in [1.82, 2.24) is 14.9 Å². The third-order valence-corrected chi connectivity index (χ3v) is 5.92. The van der Waals surface area contributed by atoms with Crippen LogP contribution in [0, 0.1) is 0 Å². The molecule has 1 fully saturated rings. The molecule has 2 N–H and O–H groups in total. The molecule has 1 heterocycles. The molecule has 0 amide bonds. The fourth-order valence-corrected chi connectivity index (χ4v) is 4.74. The van der Waals surface area contributed by atoms with E-state index in [-0.39, 0.29) is 17.8 Å². The Bertz CT molecular complexity index is 798. The molecular weight excluding hydrogens is 430 g/mol. The van der Waals surface area contributed by atoms with Gasteiger partial charge in [0, 0.05) is 17.1 Å². The topological polar surface area (TPSA) is 67.2 Å². The first-order valence-electron chi connectivity index (χ1n) is 9.41. The lowest BCUT2D eigenvalue weighted by molar-refractivity contribution is 0.0688. The van der Waals surface area contributed by atoms with Crippen LogP contribution in [-0.4, -0.2) is 26.7 Å². The summed E-state index contributed by atoms with van der Waals surface area (Å²) in [6, 6.07) is 7.77. The highest BCUT2D eigenvalue weighted by Gasteiger charge is 2.31. The minimum atomic E-state index is -1.02. The van der Waals surface area contributed by atoms with Crippen molar-refractivity contribution in [3.8, 4) is 0 Å². The molecule has 0 saturated heterocycles. The Balaban J connectivity index is 2.11. The molecular formula is C20H25BrClN3O2. The molecule has 1 aliphatic carbocycles. The lowest BCUT2D eigenvalue weighted by atomic mass is 9.92. The third kappa shape index (κ3) is 4.55. The quantitative estimate of drug-likeness (QED) is 0.597. The van der Waals surface area contributed by atoms with Crippen LogP contribution in [0.25, 0.3) is 0 Å². The van der Waals surface area contributed by atoms with E-state index in [2.05, 4.69) is 26.2 Å². The zero-order chi connectivity index (χ0) is 19.6. The van der Waals surface area contributed by atoms with Crippen LogP contribution in [0.1, 0.15) is 79.8 Å². The number of carboxylic acids is 1. The summed E-state index contributed by atoms with van der Waals surface area (Å²) in [5.41, 5.74) is 1.75. The van der Waals surface area contributed by atoms with Crippen molar-refractivity contribution in [3.05, 3.63) is 51.0 Å². The zero-order valence-corrected chi connectivity index (χ0v) is 17.9. The van der Waals surface area contributed by atoms with Crippen molar-refractivity contribution >= 4 is 33.5 Å². The summed E-state index contributed by atoms with van der Waals surface area (Å²) in [4.78, 5) is 16.2. The van der Waals surface area contributed by atoms with Crippen molar-refractivity contribution in [2.24, 2.45) is 0 Å². The van der Waals surface area contributed by atoms with Gasteiger partial charge in [0.2, 0.25) is 0 Å². The number of benzene rings is 1. The van der Waals surface area contributed by atoms with Crippen molar-refractivity contribution in [1.29, 1.82) is 0 Å². The SMILES string of the molecule is CC(C)n1c(Br)nc(C(=O)O)c1C(NC1CCCCC1)c1ccc(Cl)cc1. The van der Waals surface area contributed by atoms with Crippen LogP contribution in [0.15, 0.2) is 29.0 Å². The van der Waals surface area contributed by atoms with E-state index < -0.39 is 5.97 Å². The number of halogens is 2. The summed E-state index contributed by atoms with van der Waals surface area (Å²) in [7, 11) is 0. The predicted molar refractivity (Wildman–Crippen MR) is 111 cm³/mol. The minimum absolute atomic E-state index is 0.0675. The van der Waals surface area contributed by atoms with E-state index in [9.17, 15) is 9.90 Å². The molecule has 0 bridgehead atoms. The van der Waals surface area contributed by atoms with Crippen molar-refractivity contribution in [2.75, 3.05) is 0 Å². The fourth-order valence-electron chi connectivity index (χ4n) is 3.83. The van der Waals surface area contributed by atoms with Gasteiger partial charge in [-0.3, -0.25) is 0 Å². The summed E-state index contributed by atoms with van der Waals surface area (Å²) in [5, 5.41) is 14.2. The first-order valence-corrected chi connectivity index (χ1v) is 10.6. The van der Waals surface area contributed by atoms with Crippen molar-refractivity contribution < 1.29 is 9.90 Å². The van der Waals surface area contributed by atoms with Gasteiger partial charge in [-0.05, 0) is 60.3 Å². The number of aromatic nitrogens is 2. The lowest BCUT2D eigenvalue weighted by Gasteiger charge is -2.30. The van der Waals surface area contributed by atoms with Gasteiger partial charge in [0.05, 0.1) is 11.7 Å². The maximum atomic E-state index is 11.9. The Morgan fingerprint density at radius 2 is 1.89 bits per heavy atom. The van der Waals surface area contributed by atoms with E-state index in [0.29, 0.717) is 21.5 Å². The average molecular weight is 455 g/mol. The van der Waals surface area contributed by atoms with Gasteiger partial charge in [-0.25, -0.2) is 9.78 Å². The summed E-state index contributed by atoms with van der Waals surface area (Å²) in [6.45, 7) is 4.06. The van der Waals surface area contributed by atoms with Gasteiger partial charge >= 0.3 is 5.97 Å². The van der Waals surface area contributed by atoms with Crippen LogP contribution in [0.2, 0.25) is 5.02 Å². The molecule has 1 saturated carbocycles. The third-order valence-electron chi connectivity index (χ3n) is 5.11. The highest BCUT2D eigenvalue weighted by atomic mass is 79.9. The molecule has 1 unspecified atom stereocenters. The van der Waals surface area contributed by atoms with Crippen LogP contribution >= 0.6 is 27.5 Å². The first kappa shape index (κ1) is 20.4. The largest absolute Gasteiger partial charge is 0.476 e. The number of carboxylic acid groups (broad SMARTS) is 1. The Kier molecular flexibility index (Phi) is 6.61. The molecule has 3 rings (SSSR count). The zero-order valence-electron chi connectivity index (χ0n) is 15.6. The van der Waals surface area contributed by atoms with Crippen LogP contribution in [0.4, 0.5) is 0 Å². The summed E-state index contributed by atoms with van der Waals surface area (Å²) < 4.78 is 2.49. The van der Waals surface area contributed by atoms with E-state index in [1.165, 1.54) is 19.3 Å². The summed E-state index contributed by atoms with van der Waals surface area (Å²) in [6.07, 6.45) is 5.86. The molecule has 1 aliphatic rings. The number of carbonyl (C=O) groups is 1. The average Bonchev–Trinajstić information content (AvgIpc) is 2.99. The van der Waals surface area contributed by atoms with Crippen LogP contribution in [-0.2, 0) is 0 Å². The fraction of sp³-hybridized carbons (Fsp3) is 0.500. The van der Waals surface area contributed by atoms with Gasteiger partial charge in [0.15, 0.2) is 10.4 Å². The normalized spacial score (nSPS) is 16.6. The smallest absolute Gasteiger partial charge is 0.356 e. The van der Waals surface area contributed by atoms with Crippen LogP contribution in [0.5, 0.6) is 0 Å². The number of nitrogens with zero attached hydrogens (tertiary/aromatic N) is 2. The van der Waals surface area contributed by atoms with Gasteiger partial charge in [0.25, 0.3) is 0 Å². The van der Waals surface area contributed by atoms with Gasteiger partial charge in [-0.1, -0.05) is 43.0 Å². The molecule has 1 atom stereocenters. The standard InChI is InChI=1S/C20H25BrClN3O2/c1-12(2)25-18(17(19(26)27)24-20(25)21)16(13-8-10-14(22)11-9-13)23-15-6-4-3-5-7-15/h8-12,15-16,23H,3-7H2,1-2H3,(H,26,27). The monoisotopic (exact) mass is 453 g/mol. The number of aromatic carboxylic acids is 1. The Hall–Kier alpha value is -1.37. The number of hydrogen-bond donors (Lipinski definition) is 2. The highest BCUT2D eigenvalue weighted by molar-refractivity contribution is 9.10. The van der Waals surface area contributed by atoms with Crippen molar-refractivity contribution in [3.63, 3.8) is 0 Å². The van der Waals surface area contributed by atoms with E-state index in [0.717, 1.165) is 18.4 Å². The van der Waals surface area contributed by atoms with Gasteiger partial charge in [-0.2, -0.15) is 0 Å². The maximum Gasteiger partial charge on any atom is 0.356 e. The minimum Gasteiger partial charge on any atom is -0.476 e. The Morgan fingerprint density at radius 3 is 2.44 bits per heavy atom. The van der Waals surface area contributed by atoms with Crippen LogP contribution in [0.3, 0.4) is 0 Å². The molecule has 27 heavy (non-hydrogen) atoms.